The molecule has 2 unspecified atom stereocenters. The van der Waals surface area contributed by atoms with Gasteiger partial charge in [-0.1, -0.05) is 19.8 Å². The highest BCUT2D eigenvalue weighted by molar-refractivity contribution is 5.71. The van der Waals surface area contributed by atoms with Crippen molar-refractivity contribution in [3.63, 3.8) is 0 Å². The van der Waals surface area contributed by atoms with E-state index in [-0.39, 0.29) is 0 Å². The van der Waals surface area contributed by atoms with Crippen molar-refractivity contribution in [1.82, 2.24) is 9.55 Å². The van der Waals surface area contributed by atoms with Crippen molar-refractivity contribution >= 4 is 6.29 Å². The fourth-order valence-electron chi connectivity index (χ4n) is 2.39. The minimum absolute atomic E-state index is 0.478. The summed E-state index contributed by atoms with van der Waals surface area (Å²) in [4.78, 5) is 14.8. The van der Waals surface area contributed by atoms with Gasteiger partial charge in [0, 0.05) is 6.04 Å². The third kappa shape index (κ3) is 1.59. The van der Waals surface area contributed by atoms with Gasteiger partial charge in [0.25, 0.3) is 0 Å². The van der Waals surface area contributed by atoms with Gasteiger partial charge in [-0.2, -0.15) is 0 Å². The molecule has 2 atom stereocenters. The Morgan fingerprint density at radius 1 is 1.50 bits per heavy atom. The molecule has 0 N–H and O–H groups in total. The quantitative estimate of drug-likeness (QED) is 0.674. The summed E-state index contributed by atoms with van der Waals surface area (Å²) in [6, 6.07) is 0.478. The van der Waals surface area contributed by atoms with Crippen LogP contribution in [0.5, 0.6) is 0 Å². The molecule has 0 radical (unpaired) electrons. The molecule has 1 fully saturated rings. The van der Waals surface area contributed by atoms with Crippen LogP contribution in [0.2, 0.25) is 0 Å². The zero-order valence-corrected chi connectivity index (χ0v) is 8.52. The Hall–Kier alpha value is -1.12. The maximum Gasteiger partial charge on any atom is 0.168 e. The topological polar surface area (TPSA) is 34.9 Å². The molecule has 0 spiro atoms. The van der Waals surface area contributed by atoms with Gasteiger partial charge in [-0.3, -0.25) is 4.79 Å². The van der Waals surface area contributed by atoms with Crippen molar-refractivity contribution in [2.45, 2.75) is 38.6 Å². The molecule has 1 aromatic rings. The monoisotopic (exact) mass is 192 g/mol. The van der Waals surface area contributed by atoms with Crippen molar-refractivity contribution in [3.05, 3.63) is 18.2 Å². The van der Waals surface area contributed by atoms with Crippen molar-refractivity contribution in [3.8, 4) is 0 Å². The number of rotatable bonds is 2. The maximum absolute atomic E-state index is 10.8. The van der Waals surface area contributed by atoms with Gasteiger partial charge in [0.2, 0.25) is 0 Å². The summed E-state index contributed by atoms with van der Waals surface area (Å²) in [6.45, 7) is 2.26. The summed E-state index contributed by atoms with van der Waals surface area (Å²) in [6.07, 6.45) is 9.37. The molecular weight excluding hydrogens is 176 g/mol. The van der Waals surface area contributed by atoms with Crippen molar-refractivity contribution < 1.29 is 4.79 Å². The molecule has 3 nitrogen and oxygen atoms in total. The predicted octanol–water partition coefficient (Wildman–Crippen LogP) is 2.45. The zero-order valence-electron chi connectivity index (χ0n) is 8.52. The summed E-state index contributed by atoms with van der Waals surface area (Å²) >= 11 is 0. The van der Waals surface area contributed by atoms with Crippen LogP contribution in [-0.2, 0) is 0 Å². The summed E-state index contributed by atoms with van der Waals surface area (Å²) in [5, 5.41) is 0. The summed E-state index contributed by atoms with van der Waals surface area (Å²) in [5.41, 5.74) is 0.712. The Morgan fingerprint density at radius 3 is 3.00 bits per heavy atom. The van der Waals surface area contributed by atoms with Crippen LogP contribution in [0, 0.1) is 5.92 Å². The number of aromatic nitrogens is 2. The van der Waals surface area contributed by atoms with Crippen LogP contribution in [0.1, 0.15) is 49.1 Å². The van der Waals surface area contributed by atoms with E-state index in [1.54, 1.807) is 12.5 Å². The standard InChI is InChI=1S/C11H16N2O/c1-9-4-2-3-5-11(9)13-8-12-6-10(13)7-14/h6-9,11H,2-5H2,1H3. The summed E-state index contributed by atoms with van der Waals surface area (Å²) in [5.74, 6) is 0.664. The average molecular weight is 192 g/mol. The van der Waals surface area contributed by atoms with Gasteiger partial charge in [0.1, 0.15) is 5.69 Å². The molecule has 1 aromatic heterocycles. The van der Waals surface area contributed by atoms with E-state index >= 15 is 0 Å². The van der Waals surface area contributed by atoms with E-state index in [0.29, 0.717) is 17.7 Å². The molecule has 3 heteroatoms. The molecule has 2 rings (SSSR count). The first-order valence-corrected chi connectivity index (χ1v) is 5.30. The Morgan fingerprint density at radius 2 is 2.29 bits per heavy atom. The average Bonchev–Trinajstić information content (AvgIpc) is 2.66. The second kappa shape index (κ2) is 3.95. The minimum Gasteiger partial charge on any atom is -0.325 e. The number of aldehydes is 1. The third-order valence-electron chi connectivity index (χ3n) is 3.24. The second-order valence-corrected chi connectivity index (χ2v) is 4.17. The van der Waals surface area contributed by atoms with E-state index in [9.17, 15) is 4.79 Å². The molecular formula is C11H16N2O. The molecule has 0 aromatic carbocycles. The number of hydrogen-bond donors (Lipinski definition) is 0. The molecule has 1 aliphatic rings. The van der Waals surface area contributed by atoms with E-state index in [1.165, 1.54) is 25.7 Å². The molecule has 1 saturated carbocycles. The van der Waals surface area contributed by atoms with E-state index in [0.717, 1.165) is 6.29 Å². The lowest BCUT2D eigenvalue weighted by molar-refractivity contribution is 0.110. The molecule has 0 amide bonds. The lowest BCUT2D eigenvalue weighted by Gasteiger charge is -2.30. The Kier molecular flexibility index (Phi) is 2.66. The van der Waals surface area contributed by atoms with E-state index < -0.39 is 0 Å². The van der Waals surface area contributed by atoms with Gasteiger partial charge >= 0.3 is 0 Å². The number of nitrogens with zero attached hydrogens (tertiary/aromatic N) is 2. The summed E-state index contributed by atoms with van der Waals surface area (Å²) in [7, 11) is 0. The van der Waals surface area contributed by atoms with Gasteiger partial charge in [0.05, 0.1) is 12.5 Å². The summed E-state index contributed by atoms with van der Waals surface area (Å²) < 4.78 is 2.04. The normalized spacial score (nSPS) is 27.5. The highest BCUT2D eigenvalue weighted by Crippen LogP contribution is 2.33. The predicted molar refractivity (Wildman–Crippen MR) is 54.3 cm³/mol. The van der Waals surface area contributed by atoms with Crippen LogP contribution in [-0.4, -0.2) is 15.8 Å². The first-order chi connectivity index (χ1) is 6.83. The molecule has 76 valence electrons. The fraction of sp³-hybridized carbons (Fsp3) is 0.636. The Bertz CT molecular complexity index is 319. The molecule has 14 heavy (non-hydrogen) atoms. The molecule has 1 heterocycles. The van der Waals surface area contributed by atoms with Crippen molar-refractivity contribution in [2.75, 3.05) is 0 Å². The SMILES string of the molecule is CC1CCCCC1n1cncc1C=O. The van der Waals surface area contributed by atoms with E-state index in [4.69, 9.17) is 0 Å². The highest BCUT2D eigenvalue weighted by atomic mass is 16.1. The Labute approximate surface area is 84.1 Å². The molecule has 1 aliphatic carbocycles. The molecule has 0 aliphatic heterocycles. The first kappa shape index (κ1) is 9.44. The number of hydrogen-bond acceptors (Lipinski definition) is 2. The first-order valence-electron chi connectivity index (χ1n) is 5.30. The number of imidazole rings is 1. The van der Waals surface area contributed by atoms with Crippen LogP contribution < -0.4 is 0 Å². The van der Waals surface area contributed by atoms with Crippen LogP contribution in [0.4, 0.5) is 0 Å². The second-order valence-electron chi connectivity index (χ2n) is 4.17. The van der Waals surface area contributed by atoms with Gasteiger partial charge in [0.15, 0.2) is 6.29 Å². The molecule has 0 saturated heterocycles. The van der Waals surface area contributed by atoms with Crippen LogP contribution in [0.25, 0.3) is 0 Å². The zero-order chi connectivity index (χ0) is 9.97. The number of carbonyl (C=O) groups is 1. The van der Waals surface area contributed by atoms with Gasteiger partial charge in [-0.15, -0.1) is 0 Å². The van der Waals surface area contributed by atoms with Crippen molar-refractivity contribution in [1.29, 1.82) is 0 Å². The largest absolute Gasteiger partial charge is 0.325 e. The minimum atomic E-state index is 0.478. The lowest BCUT2D eigenvalue weighted by Crippen LogP contribution is -2.21. The number of carbonyl (C=O) groups excluding carboxylic acids is 1. The maximum atomic E-state index is 10.8. The lowest BCUT2D eigenvalue weighted by atomic mass is 9.85. The van der Waals surface area contributed by atoms with Gasteiger partial charge in [-0.25, -0.2) is 4.98 Å². The Balaban J connectivity index is 2.24. The van der Waals surface area contributed by atoms with Crippen LogP contribution >= 0.6 is 0 Å². The molecule has 0 bridgehead atoms. The smallest absolute Gasteiger partial charge is 0.168 e. The fourth-order valence-corrected chi connectivity index (χ4v) is 2.39. The highest BCUT2D eigenvalue weighted by Gasteiger charge is 2.23. The van der Waals surface area contributed by atoms with Crippen LogP contribution in [0.3, 0.4) is 0 Å². The van der Waals surface area contributed by atoms with E-state index in [1.807, 2.05) is 4.57 Å². The van der Waals surface area contributed by atoms with Crippen molar-refractivity contribution in [2.24, 2.45) is 5.92 Å². The van der Waals surface area contributed by atoms with Crippen LogP contribution in [0.15, 0.2) is 12.5 Å². The van der Waals surface area contributed by atoms with E-state index in [2.05, 4.69) is 11.9 Å². The third-order valence-corrected chi connectivity index (χ3v) is 3.24. The van der Waals surface area contributed by atoms with Gasteiger partial charge in [-0.05, 0) is 18.8 Å². The van der Waals surface area contributed by atoms with Gasteiger partial charge < -0.3 is 4.57 Å².